The molecule has 51 heavy (non-hydrogen) atoms. The van der Waals surface area contributed by atoms with E-state index in [2.05, 4.69) is 182 Å². The SMILES string of the molecule is c1ccc(-c2ccc3c(c2)Oc2ccc(-c4cccc(-c5ccc6ccc7c(-c8ccccc8)ccc8ccc5c6c87)c4)c4cccc-3c24)cc1. The van der Waals surface area contributed by atoms with Crippen molar-refractivity contribution in [1.29, 1.82) is 0 Å². The lowest BCUT2D eigenvalue weighted by Crippen LogP contribution is -1.98. The zero-order valence-corrected chi connectivity index (χ0v) is 27.7. The lowest BCUT2D eigenvalue weighted by atomic mass is 9.86. The van der Waals surface area contributed by atoms with Crippen LogP contribution in [0.4, 0.5) is 0 Å². The summed E-state index contributed by atoms with van der Waals surface area (Å²) < 4.78 is 6.64. The molecule has 0 bridgehead atoms. The van der Waals surface area contributed by atoms with Crippen molar-refractivity contribution in [2.24, 2.45) is 0 Å². The summed E-state index contributed by atoms with van der Waals surface area (Å²) in [5.74, 6) is 1.80. The van der Waals surface area contributed by atoms with Crippen LogP contribution in [0.15, 0.2) is 182 Å². The number of hydrogen-bond donors (Lipinski definition) is 0. The van der Waals surface area contributed by atoms with Gasteiger partial charge in [-0.25, -0.2) is 0 Å². The molecule has 0 saturated heterocycles. The van der Waals surface area contributed by atoms with Gasteiger partial charge < -0.3 is 4.74 Å². The summed E-state index contributed by atoms with van der Waals surface area (Å²) in [5, 5.41) is 10.2. The second-order valence-electron chi connectivity index (χ2n) is 13.6. The molecule has 0 saturated carbocycles. The van der Waals surface area contributed by atoms with Crippen LogP contribution in [-0.4, -0.2) is 0 Å². The number of benzene rings is 10. The molecule has 236 valence electrons. The van der Waals surface area contributed by atoms with Crippen LogP contribution in [0.2, 0.25) is 0 Å². The summed E-state index contributed by atoms with van der Waals surface area (Å²) in [4.78, 5) is 0. The van der Waals surface area contributed by atoms with Crippen LogP contribution in [0, 0.1) is 0 Å². The summed E-state index contributed by atoms with van der Waals surface area (Å²) in [7, 11) is 0. The first kappa shape index (κ1) is 28.2. The van der Waals surface area contributed by atoms with E-state index in [1.807, 2.05) is 0 Å². The maximum atomic E-state index is 6.64. The summed E-state index contributed by atoms with van der Waals surface area (Å²) in [6.45, 7) is 0. The van der Waals surface area contributed by atoms with Gasteiger partial charge in [0.2, 0.25) is 0 Å². The molecule has 1 aliphatic heterocycles. The zero-order valence-electron chi connectivity index (χ0n) is 27.7. The number of ether oxygens (including phenoxy) is 1. The minimum Gasteiger partial charge on any atom is -0.456 e. The second-order valence-corrected chi connectivity index (χ2v) is 13.6. The number of fused-ring (bicyclic) bond motifs is 2. The van der Waals surface area contributed by atoms with Gasteiger partial charge in [-0.2, -0.15) is 0 Å². The molecule has 1 heterocycles. The Labute approximate surface area is 296 Å². The first-order valence-corrected chi connectivity index (χ1v) is 17.6. The Hall–Kier alpha value is -6.70. The predicted molar refractivity (Wildman–Crippen MR) is 215 cm³/mol. The molecule has 0 amide bonds. The van der Waals surface area contributed by atoms with Crippen LogP contribution in [0.5, 0.6) is 11.5 Å². The molecular formula is C50H30O. The van der Waals surface area contributed by atoms with Crippen LogP contribution >= 0.6 is 0 Å². The van der Waals surface area contributed by atoms with E-state index in [4.69, 9.17) is 4.74 Å². The van der Waals surface area contributed by atoms with Gasteiger partial charge in [0.25, 0.3) is 0 Å². The Balaban J connectivity index is 1.05. The highest BCUT2D eigenvalue weighted by atomic mass is 16.5. The Morgan fingerprint density at radius 3 is 1.47 bits per heavy atom. The summed E-state index contributed by atoms with van der Waals surface area (Å²) in [6.07, 6.45) is 0. The van der Waals surface area contributed by atoms with Crippen molar-refractivity contribution in [3.63, 3.8) is 0 Å². The van der Waals surface area contributed by atoms with Crippen LogP contribution in [0.1, 0.15) is 0 Å². The fourth-order valence-electron chi connectivity index (χ4n) is 8.47. The normalized spacial score (nSPS) is 12.1. The molecule has 10 aromatic carbocycles. The molecule has 1 nitrogen and oxygen atoms in total. The van der Waals surface area contributed by atoms with E-state index >= 15 is 0 Å². The first-order valence-electron chi connectivity index (χ1n) is 17.6. The van der Waals surface area contributed by atoms with Crippen LogP contribution < -0.4 is 4.74 Å². The van der Waals surface area contributed by atoms with E-state index in [9.17, 15) is 0 Å². The largest absolute Gasteiger partial charge is 0.456 e. The quantitative estimate of drug-likeness (QED) is 0.173. The summed E-state index contributed by atoms with van der Waals surface area (Å²) in [5.41, 5.74) is 12.1. The topological polar surface area (TPSA) is 9.23 Å². The molecule has 0 unspecified atom stereocenters. The molecule has 0 atom stereocenters. The molecule has 0 fully saturated rings. The van der Waals surface area contributed by atoms with Gasteiger partial charge in [-0.15, -0.1) is 0 Å². The Morgan fingerprint density at radius 2 is 0.784 bits per heavy atom. The van der Waals surface area contributed by atoms with Crippen LogP contribution in [0.25, 0.3) is 98.7 Å². The van der Waals surface area contributed by atoms with Gasteiger partial charge in [-0.1, -0.05) is 158 Å². The van der Waals surface area contributed by atoms with Crippen molar-refractivity contribution in [1.82, 2.24) is 0 Å². The molecule has 0 radical (unpaired) electrons. The van der Waals surface area contributed by atoms with E-state index in [0.717, 1.165) is 28.0 Å². The molecule has 0 spiro atoms. The van der Waals surface area contributed by atoms with Crippen molar-refractivity contribution in [3.05, 3.63) is 182 Å². The molecule has 1 heteroatoms. The minimum absolute atomic E-state index is 0.899. The van der Waals surface area contributed by atoms with E-state index in [-0.39, 0.29) is 0 Å². The number of rotatable bonds is 4. The zero-order chi connectivity index (χ0) is 33.5. The standard InChI is InChI=1S/C50H30O/c1-3-9-31(10-4-1)35-21-24-41-43-16-8-15-42-40(27-28-46(50(42)43)51-47(41)30-35)37-14-7-13-36(29-37)39-23-18-34-19-25-44-38(32-11-5-2-6-12-32)22-17-33-20-26-45(39)49(34)48(33)44/h1-30H. The lowest BCUT2D eigenvalue weighted by Gasteiger charge is -2.23. The Bertz CT molecular complexity index is 2970. The van der Waals surface area contributed by atoms with Crippen molar-refractivity contribution in [3.8, 4) is 67.1 Å². The maximum absolute atomic E-state index is 6.64. The maximum Gasteiger partial charge on any atom is 0.135 e. The van der Waals surface area contributed by atoms with Gasteiger partial charge in [0.15, 0.2) is 0 Å². The van der Waals surface area contributed by atoms with Crippen molar-refractivity contribution >= 4 is 43.1 Å². The lowest BCUT2D eigenvalue weighted by molar-refractivity contribution is 0.487. The van der Waals surface area contributed by atoms with Crippen molar-refractivity contribution in [2.45, 2.75) is 0 Å². The van der Waals surface area contributed by atoms with E-state index in [1.54, 1.807) is 0 Å². The second kappa shape index (κ2) is 10.9. The number of hydrogen-bond acceptors (Lipinski definition) is 1. The Kier molecular flexibility index (Phi) is 6.02. The molecule has 1 aliphatic rings. The van der Waals surface area contributed by atoms with Gasteiger partial charge in [0.1, 0.15) is 11.5 Å². The third-order valence-corrected chi connectivity index (χ3v) is 10.8. The van der Waals surface area contributed by atoms with Crippen molar-refractivity contribution < 1.29 is 4.74 Å². The van der Waals surface area contributed by atoms with Gasteiger partial charge in [-0.3, -0.25) is 0 Å². The molecule has 11 rings (SSSR count). The van der Waals surface area contributed by atoms with Gasteiger partial charge >= 0.3 is 0 Å². The average Bonchev–Trinajstić information content (AvgIpc) is 3.20. The predicted octanol–water partition coefficient (Wildman–Crippen LogP) is 14.2. The van der Waals surface area contributed by atoms with E-state index in [0.29, 0.717) is 0 Å². The molecular weight excluding hydrogens is 617 g/mol. The monoisotopic (exact) mass is 646 g/mol. The van der Waals surface area contributed by atoms with E-state index in [1.165, 1.54) is 82.2 Å². The van der Waals surface area contributed by atoms with Gasteiger partial charge in [0, 0.05) is 10.9 Å². The fraction of sp³-hybridized carbons (Fsp3) is 0. The minimum atomic E-state index is 0.899. The third kappa shape index (κ3) is 4.28. The van der Waals surface area contributed by atoms with E-state index < -0.39 is 0 Å². The van der Waals surface area contributed by atoms with Crippen molar-refractivity contribution in [2.75, 3.05) is 0 Å². The van der Waals surface area contributed by atoms with Gasteiger partial charge in [0.05, 0.1) is 0 Å². The van der Waals surface area contributed by atoms with Crippen LogP contribution in [-0.2, 0) is 0 Å². The Morgan fingerprint density at radius 1 is 0.255 bits per heavy atom. The molecule has 10 aromatic rings. The highest BCUT2D eigenvalue weighted by Crippen LogP contribution is 2.50. The average molecular weight is 647 g/mol. The molecule has 0 aliphatic carbocycles. The van der Waals surface area contributed by atoms with Gasteiger partial charge in [-0.05, 0) is 112 Å². The third-order valence-electron chi connectivity index (χ3n) is 10.8. The molecule has 0 aromatic heterocycles. The fourth-order valence-corrected chi connectivity index (χ4v) is 8.47. The van der Waals surface area contributed by atoms with Crippen LogP contribution in [0.3, 0.4) is 0 Å². The highest BCUT2D eigenvalue weighted by Gasteiger charge is 2.22. The first-order chi connectivity index (χ1) is 25.3. The highest BCUT2D eigenvalue weighted by molar-refractivity contribution is 6.27. The summed E-state index contributed by atoms with van der Waals surface area (Å²) in [6, 6.07) is 66.2. The smallest absolute Gasteiger partial charge is 0.135 e. The molecule has 0 N–H and O–H groups in total. The summed E-state index contributed by atoms with van der Waals surface area (Å²) >= 11 is 0.